The standard InChI is InChI=1S/C27H21BrN4O7/c1-15-4-3-5-22(16(15)2)29-24(33)14-39-23-11-6-17(13-21(23)28)12-20-25(34)30-27(36)31(26(20)35)18-7-9-19(10-8-18)32(37)38/h3-13H,14H2,1-2H3,(H,29,33)(H,30,34,36)/b20-12-. The first-order valence-electron chi connectivity index (χ1n) is 11.5. The van der Waals surface area contributed by atoms with Gasteiger partial charge in [-0.05, 0) is 82.9 Å². The highest BCUT2D eigenvalue weighted by Crippen LogP contribution is 2.29. The van der Waals surface area contributed by atoms with E-state index in [-0.39, 0.29) is 29.5 Å². The number of halogens is 1. The summed E-state index contributed by atoms with van der Waals surface area (Å²) in [6.45, 7) is 3.61. The Bertz CT molecular complexity index is 1550. The lowest BCUT2D eigenvalue weighted by Crippen LogP contribution is -2.54. The number of nitrogens with zero attached hydrogens (tertiary/aromatic N) is 2. The van der Waals surface area contributed by atoms with Crippen LogP contribution in [0.1, 0.15) is 16.7 Å². The van der Waals surface area contributed by atoms with Gasteiger partial charge in [0.1, 0.15) is 11.3 Å². The molecule has 0 unspecified atom stereocenters. The lowest BCUT2D eigenvalue weighted by Gasteiger charge is -2.26. The van der Waals surface area contributed by atoms with Gasteiger partial charge in [0, 0.05) is 17.8 Å². The number of aryl methyl sites for hydroxylation is 1. The maximum absolute atomic E-state index is 13.1. The Morgan fingerprint density at radius 1 is 1.10 bits per heavy atom. The summed E-state index contributed by atoms with van der Waals surface area (Å²) in [6.07, 6.45) is 1.30. The molecule has 0 bridgehead atoms. The van der Waals surface area contributed by atoms with Crippen molar-refractivity contribution in [2.45, 2.75) is 13.8 Å². The van der Waals surface area contributed by atoms with Crippen molar-refractivity contribution >= 4 is 62.8 Å². The van der Waals surface area contributed by atoms with Crippen LogP contribution in [0.4, 0.5) is 21.9 Å². The third-order valence-electron chi connectivity index (χ3n) is 5.92. The molecule has 5 amide bonds. The first-order valence-corrected chi connectivity index (χ1v) is 12.3. The molecule has 1 aliphatic heterocycles. The summed E-state index contributed by atoms with van der Waals surface area (Å²) >= 11 is 3.37. The van der Waals surface area contributed by atoms with Crippen molar-refractivity contribution in [2.24, 2.45) is 0 Å². The van der Waals surface area contributed by atoms with Gasteiger partial charge in [-0.25, -0.2) is 9.69 Å². The zero-order valence-electron chi connectivity index (χ0n) is 20.7. The summed E-state index contributed by atoms with van der Waals surface area (Å²) in [6, 6.07) is 14.1. The summed E-state index contributed by atoms with van der Waals surface area (Å²) in [5, 5.41) is 15.8. The van der Waals surface area contributed by atoms with Gasteiger partial charge in [-0.2, -0.15) is 0 Å². The van der Waals surface area contributed by atoms with E-state index in [1.807, 2.05) is 26.0 Å². The molecule has 3 aromatic rings. The topological polar surface area (TPSA) is 148 Å². The van der Waals surface area contributed by atoms with E-state index in [9.17, 15) is 29.3 Å². The molecular weight excluding hydrogens is 572 g/mol. The highest BCUT2D eigenvalue weighted by atomic mass is 79.9. The van der Waals surface area contributed by atoms with Crippen molar-refractivity contribution in [3.05, 3.63) is 97.5 Å². The fourth-order valence-electron chi connectivity index (χ4n) is 3.72. The van der Waals surface area contributed by atoms with Crippen molar-refractivity contribution < 1.29 is 28.8 Å². The molecule has 0 aliphatic carbocycles. The van der Waals surface area contributed by atoms with Gasteiger partial charge in [-0.15, -0.1) is 0 Å². The summed E-state index contributed by atoms with van der Waals surface area (Å²) < 4.78 is 6.08. The molecule has 12 heteroatoms. The molecule has 1 heterocycles. The molecule has 4 rings (SSSR count). The van der Waals surface area contributed by atoms with Crippen LogP contribution in [0, 0.1) is 24.0 Å². The van der Waals surface area contributed by atoms with Gasteiger partial charge < -0.3 is 10.1 Å². The van der Waals surface area contributed by atoms with Crippen LogP contribution >= 0.6 is 15.9 Å². The number of non-ortho nitro benzene ring substituents is 1. The Balaban J connectivity index is 1.48. The number of benzene rings is 3. The molecule has 1 saturated heterocycles. The number of ether oxygens (including phenoxy) is 1. The highest BCUT2D eigenvalue weighted by Gasteiger charge is 2.37. The number of rotatable bonds is 7. The number of amides is 5. The summed E-state index contributed by atoms with van der Waals surface area (Å²) in [7, 11) is 0. The van der Waals surface area contributed by atoms with Crippen molar-refractivity contribution in [1.29, 1.82) is 0 Å². The van der Waals surface area contributed by atoms with E-state index in [4.69, 9.17) is 4.74 Å². The number of nitrogens with one attached hydrogen (secondary N) is 2. The fourth-order valence-corrected chi connectivity index (χ4v) is 4.23. The number of nitro groups is 1. The van der Waals surface area contributed by atoms with Crippen LogP contribution in [-0.2, 0) is 14.4 Å². The molecule has 1 aliphatic rings. The third kappa shape index (κ3) is 6.02. The number of hydrogen-bond donors (Lipinski definition) is 2. The zero-order valence-corrected chi connectivity index (χ0v) is 22.3. The number of hydrogen-bond acceptors (Lipinski definition) is 7. The van der Waals surface area contributed by atoms with Crippen molar-refractivity contribution in [3.63, 3.8) is 0 Å². The number of nitro benzene ring substituents is 1. The number of carbonyl (C=O) groups excluding carboxylic acids is 4. The van der Waals surface area contributed by atoms with Crippen LogP contribution in [0.15, 0.2) is 70.7 Å². The largest absolute Gasteiger partial charge is 0.483 e. The van der Waals surface area contributed by atoms with Crippen LogP contribution in [0.25, 0.3) is 6.08 Å². The zero-order chi connectivity index (χ0) is 28.3. The Morgan fingerprint density at radius 2 is 1.82 bits per heavy atom. The van der Waals surface area contributed by atoms with Gasteiger partial charge >= 0.3 is 6.03 Å². The number of barbiturate groups is 1. The number of carbonyl (C=O) groups is 4. The average Bonchev–Trinajstić information content (AvgIpc) is 2.89. The molecule has 0 spiro atoms. The first kappa shape index (κ1) is 27.2. The molecule has 0 aromatic heterocycles. The quantitative estimate of drug-likeness (QED) is 0.175. The molecule has 1 fully saturated rings. The predicted molar refractivity (Wildman–Crippen MR) is 146 cm³/mol. The Labute approximate surface area is 230 Å². The Morgan fingerprint density at radius 3 is 2.49 bits per heavy atom. The average molecular weight is 593 g/mol. The van der Waals surface area contributed by atoms with Gasteiger partial charge in [0.25, 0.3) is 23.4 Å². The van der Waals surface area contributed by atoms with Crippen molar-refractivity contribution in [1.82, 2.24) is 5.32 Å². The van der Waals surface area contributed by atoms with E-state index in [1.54, 1.807) is 24.3 Å². The van der Waals surface area contributed by atoms with Crippen molar-refractivity contribution in [2.75, 3.05) is 16.8 Å². The summed E-state index contributed by atoms with van der Waals surface area (Å²) in [5.74, 6) is -1.77. The molecule has 0 atom stereocenters. The minimum absolute atomic E-state index is 0.0607. The first-order chi connectivity index (χ1) is 18.5. The molecule has 198 valence electrons. The van der Waals surface area contributed by atoms with Crippen LogP contribution < -0.4 is 20.3 Å². The van der Waals surface area contributed by atoms with E-state index < -0.39 is 22.8 Å². The second kappa shape index (κ2) is 11.3. The molecule has 0 radical (unpaired) electrons. The predicted octanol–water partition coefficient (Wildman–Crippen LogP) is 4.66. The number of urea groups is 1. The third-order valence-corrected chi connectivity index (χ3v) is 6.54. The van der Waals surface area contributed by atoms with E-state index in [0.29, 0.717) is 21.5 Å². The fraction of sp³-hybridized carbons (Fsp3) is 0.111. The lowest BCUT2D eigenvalue weighted by molar-refractivity contribution is -0.384. The molecule has 3 aromatic carbocycles. The van der Waals surface area contributed by atoms with Crippen molar-refractivity contribution in [3.8, 4) is 5.75 Å². The normalized spacial score (nSPS) is 14.3. The summed E-state index contributed by atoms with van der Waals surface area (Å²) in [4.78, 5) is 61.3. The van der Waals surface area contributed by atoms with E-state index in [1.165, 1.54) is 18.2 Å². The SMILES string of the molecule is Cc1cccc(NC(=O)COc2ccc(/C=C3/C(=O)NC(=O)N(c4ccc([N+](=O)[O-])cc4)C3=O)cc2Br)c1C. The van der Waals surface area contributed by atoms with Crippen LogP contribution in [0.5, 0.6) is 5.75 Å². The smallest absolute Gasteiger partial charge is 0.335 e. The second-order valence-corrected chi connectivity index (χ2v) is 9.36. The van der Waals surface area contributed by atoms with E-state index >= 15 is 0 Å². The minimum atomic E-state index is -0.972. The maximum atomic E-state index is 13.1. The lowest BCUT2D eigenvalue weighted by atomic mass is 10.1. The minimum Gasteiger partial charge on any atom is -0.483 e. The maximum Gasteiger partial charge on any atom is 0.335 e. The molecule has 11 nitrogen and oxygen atoms in total. The molecule has 2 N–H and O–H groups in total. The number of anilines is 2. The highest BCUT2D eigenvalue weighted by molar-refractivity contribution is 9.10. The van der Waals surface area contributed by atoms with Gasteiger partial charge in [0.15, 0.2) is 6.61 Å². The van der Waals surface area contributed by atoms with Gasteiger partial charge in [-0.1, -0.05) is 18.2 Å². The van der Waals surface area contributed by atoms with E-state index in [2.05, 4.69) is 26.6 Å². The van der Waals surface area contributed by atoms with Gasteiger partial charge in [-0.3, -0.25) is 29.8 Å². The van der Waals surface area contributed by atoms with Crippen LogP contribution in [-0.4, -0.2) is 35.3 Å². The molecule has 39 heavy (non-hydrogen) atoms. The Hall–Kier alpha value is -4.84. The summed E-state index contributed by atoms with van der Waals surface area (Å²) in [5.41, 5.74) is 2.66. The van der Waals surface area contributed by atoms with E-state index in [0.717, 1.165) is 28.2 Å². The van der Waals surface area contributed by atoms with Gasteiger partial charge in [0.05, 0.1) is 15.1 Å². The second-order valence-electron chi connectivity index (χ2n) is 8.51. The molecule has 0 saturated carbocycles. The van der Waals surface area contributed by atoms with Gasteiger partial charge in [0.2, 0.25) is 0 Å². The van der Waals surface area contributed by atoms with Crippen LogP contribution in [0.2, 0.25) is 0 Å². The Kier molecular flexibility index (Phi) is 7.86. The molecular formula is C27H21BrN4O7. The monoisotopic (exact) mass is 592 g/mol. The van der Waals surface area contributed by atoms with Crippen LogP contribution in [0.3, 0.4) is 0 Å². The number of imide groups is 2.